The van der Waals surface area contributed by atoms with Crippen molar-refractivity contribution in [2.45, 2.75) is 12.5 Å². The smallest absolute Gasteiger partial charge is 0.0991 e. The van der Waals surface area contributed by atoms with Crippen molar-refractivity contribution in [3.8, 4) is 6.07 Å². The van der Waals surface area contributed by atoms with Crippen LogP contribution in [0.2, 0.25) is 0 Å². The molecule has 1 N–H and O–H groups in total. The summed E-state index contributed by atoms with van der Waals surface area (Å²) in [4.78, 5) is 2.32. The fraction of sp³-hybridized carbons (Fsp3) is 0.500. The largest absolute Gasteiger partial charge is 0.387 e. The van der Waals surface area contributed by atoms with Gasteiger partial charge in [0.1, 0.15) is 0 Å². The normalized spacial score (nSPS) is 18.9. The summed E-state index contributed by atoms with van der Waals surface area (Å²) in [5, 5.41) is 18.9. The molecule has 1 fully saturated rings. The van der Waals surface area contributed by atoms with Gasteiger partial charge in [-0.3, -0.25) is 4.90 Å². The van der Waals surface area contributed by atoms with Gasteiger partial charge in [-0.25, -0.2) is 0 Å². The molecule has 0 amide bonds. The third-order valence-electron chi connectivity index (χ3n) is 3.17. The predicted molar refractivity (Wildman–Crippen MR) is 74.5 cm³/mol. The average molecular weight is 262 g/mol. The van der Waals surface area contributed by atoms with Gasteiger partial charge in [-0.05, 0) is 36.4 Å². The Balaban J connectivity index is 1.93. The number of benzene rings is 1. The standard InChI is InChI=1S/C14H18N2OS/c15-10-12-2-4-13(5-3-12)14(17)11-16-6-1-8-18-9-7-16/h2-5,14,17H,1,6-9,11H2. The fourth-order valence-electron chi connectivity index (χ4n) is 2.11. The number of nitrogens with zero attached hydrogens (tertiary/aromatic N) is 2. The lowest BCUT2D eigenvalue weighted by molar-refractivity contribution is 0.117. The molecule has 1 saturated heterocycles. The second kappa shape index (κ2) is 6.79. The van der Waals surface area contributed by atoms with E-state index in [0.717, 1.165) is 24.4 Å². The molecular weight excluding hydrogens is 244 g/mol. The first-order chi connectivity index (χ1) is 8.79. The number of β-amino-alcohol motifs (C(OH)–C–C–N with tert-alkyl or cyclic N) is 1. The number of nitriles is 1. The van der Waals surface area contributed by atoms with Crippen molar-refractivity contribution in [2.24, 2.45) is 0 Å². The summed E-state index contributed by atoms with van der Waals surface area (Å²) in [7, 11) is 0. The van der Waals surface area contributed by atoms with Crippen molar-refractivity contribution in [1.29, 1.82) is 5.26 Å². The lowest BCUT2D eigenvalue weighted by atomic mass is 10.1. The van der Waals surface area contributed by atoms with E-state index < -0.39 is 6.10 Å². The Labute approximate surface area is 112 Å². The summed E-state index contributed by atoms with van der Waals surface area (Å²) >= 11 is 1.99. The average Bonchev–Trinajstić information content (AvgIpc) is 2.67. The first-order valence-corrected chi connectivity index (χ1v) is 7.43. The Hall–Kier alpha value is -1.02. The Bertz CT molecular complexity index is 405. The molecule has 2 rings (SSSR count). The molecule has 1 aliphatic heterocycles. The topological polar surface area (TPSA) is 47.3 Å². The molecule has 0 aromatic heterocycles. The van der Waals surface area contributed by atoms with E-state index in [2.05, 4.69) is 11.0 Å². The monoisotopic (exact) mass is 262 g/mol. The van der Waals surface area contributed by atoms with Gasteiger partial charge in [0.05, 0.1) is 17.7 Å². The second-order valence-electron chi connectivity index (χ2n) is 4.52. The molecule has 1 aromatic rings. The molecule has 0 spiro atoms. The number of hydrogen-bond donors (Lipinski definition) is 1. The van der Waals surface area contributed by atoms with Crippen LogP contribution in [0.3, 0.4) is 0 Å². The van der Waals surface area contributed by atoms with Crippen LogP contribution in [0.25, 0.3) is 0 Å². The zero-order valence-corrected chi connectivity index (χ0v) is 11.2. The first kappa shape index (κ1) is 13.4. The highest BCUT2D eigenvalue weighted by atomic mass is 32.2. The molecule has 96 valence electrons. The molecule has 1 unspecified atom stereocenters. The summed E-state index contributed by atoms with van der Waals surface area (Å²) in [6, 6.07) is 9.30. The Morgan fingerprint density at radius 3 is 2.78 bits per heavy atom. The predicted octanol–water partition coefficient (Wildman–Crippen LogP) is 2.03. The van der Waals surface area contributed by atoms with Gasteiger partial charge in [0.25, 0.3) is 0 Å². The lowest BCUT2D eigenvalue weighted by Crippen LogP contribution is -2.30. The van der Waals surface area contributed by atoms with Gasteiger partial charge in [0, 0.05) is 18.8 Å². The van der Waals surface area contributed by atoms with Crippen molar-refractivity contribution in [3.05, 3.63) is 35.4 Å². The van der Waals surface area contributed by atoms with E-state index in [4.69, 9.17) is 5.26 Å². The maximum absolute atomic E-state index is 10.2. The second-order valence-corrected chi connectivity index (χ2v) is 5.74. The Morgan fingerprint density at radius 2 is 2.06 bits per heavy atom. The Morgan fingerprint density at radius 1 is 1.28 bits per heavy atom. The highest BCUT2D eigenvalue weighted by molar-refractivity contribution is 7.99. The summed E-state index contributed by atoms with van der Waals surface area (Å²) in [6.07, 6.45) is 0.742. The van der Waals surface area contributed by atoms with Crippen molar-refractivity contribution < 1.29 is 5.11 Å². The van der Waals surface area contributed by atoms with E-state index in [1.54, 1.807) is 12.1 Å². The molecule has 0 radical (unpaired) electrons. The maximum atomic E-state index is 10.2. The molecule has 1 aliphatic rings. The van der Waals surface area contributed by atoms with Gasteiger partial charge in [-0.2, -0.15) is 17.0 Å². The number of rotatable bonds is 3. The summed E-state index contributed by atoms with van der Waals surface area (Å²) in [6.45, 7) is 2.81. The zero-order chi connectivity index (χ0) is 12.8. The minimum atomic E-state index is -0.458. The van der Waals surface area contributed by atoms with E-state index in [1.807, 2.05) is 23.9 Å². The number of thioether (sulfide) groups is 1. The van der Waals surface area contributed by atoms with Crippen LogP contribution in [0.4, 0.5) is 0 Å². The molecular formula is C14H18N2OS. The third kappa shape index (κ3) is 3.74. The quantitative estimate of drug-likeness (QED) is 0.905. The van der Waals surface area contributed by atoms with Gasteiger partial charge < -0.3 is 5.11 Å². The van der Waals surface area contributed by atoms with Gasteiger partial charge in [0.15, 0.2) is 0 Å². The van der Waals surface area contributed by atoms with Crippen LogP contribution >= 0.6 is 11.8 Å². The first-order valence-electron chi connectivity index (χ1n) is 6.28. The van der Waals surface area contributed by atoms with Gasteiger partial charge >= 0.3 is 0 Å². The highest BCUT2D eigenvalue weighted by Crippen LogP contribution is 2.17. The van der Waals surface area contributed by atoms with E-state index in [1.165, 1.54) is 12.2 Å². The molecule has 18 heavy (non-hydrogen) atoms. The van der Waals surface area contributed by atoms with Crippen LogP contribution in [0.15, 0.2) is 24.3 Å². The van der Waals surface area contributed by atoms with E-state index in [-0.39, 0.29) is 0 Å². The van der Waals surface area contributed by atoms with Crippen LogP contribution in [0.5, 0.6) is 0 Å². The number of hydrogen-bond acceptors (Lipinski definition) is 4. The van der Waals surface area contributed by atoms with Crippen LogP contribution in [0, 0.1) is 11.3 Å². The van der Waals surface area contributed by atoms with Gasteiger partial charge in [-0.15, -0.1) is 0 Å². The van der Waals surface area contributed by atoms with Crippen molar-refractivity contribution in [1.82, 2.24) is 4.90 Å². The summed E-state index contributed by atoms with van der Waals surface area (Å²) < 4.78 is 0. The molecule has 0 bridgehead atoms. The van der Waals surface area contributed by atoms with Crippen molar-refractivity contribution in [3.63, 3.8) is 0 Å². The minimum Gasteiger partial charge on any atom is -0.387 e. The minimum absolute atomic E-state index is 0.458. The van der Waals surface area contributed by atoms with E-state index >= 15 is 0 Å². The molecule has 1 atom stereocenters. The molecule has 0 aliphatic carbocycles. The fourth-order valence-corrected chi connectivity index (χ4v) is 3.03. The summed E-state index contributed by atoms with van der Waals surface area (Å²) in [5.74, 6) is 2.38. The molecule has 3 nitrogen and oxygen atoms in total. The molecule has 1 aromatic carbocycles. The van der Waals surface area contributed by atoms with E-state index in [9.17, 15) is 5.11 Å². The molecule has 4 heteroatoms. The number of aliphatic hydroxyl groups is 1. The SMILES string of the molecule is N#Cc1ccc(C(O)CN2CCCSCC2)cc1. The molecule has 1 heterocycles. The lowest BCUT2D eigenvalue weighted by Gasteiger charge is -2.23. The highest BCUT2D eigenvalue weighted by Gasteiger charge is 2.15. The van der Waals surface area contributed by atoms with Crippen LogP contribution in [-0.2, 0) is 0 Å². The number of aliphatic hydroxyl groups excluding tert-OH is 1. The van der Waals surface area contributed by atoms with Gasteiger partial charge in [-0.1, -0.05) is 12.1 Å². The van der Waals surface area contributed by atoms with Crippen LogP contribution in [-0.4, -0.2) is 41.1 Å². The zero-order valence-electron chi connectivity index (χ0n) is 10.4. The summed E-state index contributed by atoms with van der Waals surface area (Å²) in [5.41, 5.74) is 1.53. The van der Waals surface area contributed by atoms with Gasteiger partial charge in [0.2, 0.25) is 0 Å². The van der Waals surface area contributed by atoms with Crippen LogP contribution < -0.4 is 0 Å². The third-order valence-corrected chi connectivity index (χ3v) is 4.22. The van der Waals surface area contributed by atoms with Crippen molar-refractivity contribution >= 4 is 11.8 Å². The van der Waals surface area contributed by atoms with Crippen molar-refractivity contribution in [2.75, 3.05) is 31.1 Å². The van der Waals surface area contributed by atoms with E-state index in [0.29, 0.717) is 12.1 Å². The maximum Gasteiger partial charge on any atom is 0.0991 e. The Kier molecular flexibility index (Phi) is 5.06. The molecule has 0 saturated carbocycles. The van der Waals surface area contributed by atoms with Crippen LogP contribution in [0.1, 0.15) is 23.7 Å².